The molecular weight excluding hydrogens is 238 g/mol. The summed E-state index contributed by atoms with van der Waals surface area (Å²) in [6.07, 6.45) is 6.28. The molecule has 112 valence electrons. The van der Waals surface area contributed by atoms with Gasteiger partial charge in [-0.1, -0.05) is 40.5 Å². The Kier molecular flexibility index (Phi) is 10.5. The summed E-state index contributed by atoms with van der Waals surface area (Å²) in [5.74, 6) is 1.29. The standard InChI is InChI=1S/C16H31NO2/c1-13(2)9-7-8-12-17-16(19)11-6-5-10-15(18)14(3)4/h13-14H,5-12H2,1-4H3,(H,17,19). The van der Waals surface area contributed by atoms with Crippen molar-refractivity contribution in [2.45, 2.75) is 72.6 Å². The fraction of sp³-hybridized carbons (Fsp3) is 0.875. The fourth-order valence-electron chi connectivity index (χ4n) is 1.87. The van der Waals surface area contributed by atoms with Crippen molar-refractivity contribution in [3.05, 3.63) is 0 Å². The zero-order valence-corrected chi connectivity index (χ0v) is 13.1. The third kappa shape index (κ3) is 11.9. The second-order valence-electron chi connectivity index (χ2n) is 6.07. The van der Waals surface area contributed by atoms with Gasteiger partial charge in [0.25, 0.3) is 0 Å². The van der Waals surface area contributed by atoms with E-state index in [0.717, 1.165) is 31.7 Å². The average Bonchev–Trinajstić information content (AvgIpc) is 2.33. The quantitative estimate of drug-likeness (QED) is 0.581. The molecule has 0 atom stereocenters. The monoisotopic (exact) mass is 269 g/mol. The lowest BCUT2D eigenvalue weighted by atomic mass is 10.0. The van der Waals surface area contributed by atoms with Gasteiger partial charge in [-0.15, -0.1) is 0 Å². The minimum atomic E-state index is 0.120. The molecule has 0 spiro atoms. The number of ketones is 1. The zero-order chi connectivity index (χ0) is 14.7. The van der Waals surface area contributed by atoms with Crippen molar-refractivity contribution in [3.63, 3.8) is 0 Å². The van der Waals surface area contributed by atoms with E-state index in [9.17, 15) is 9.59 Å². The lowest BCUT2D eigenvalue weighted by Gasteiger charge is -2.07. The summed E-state index contributed by atoms with van der Waals surface area (Å²) >= 11 is 0. The molecule has 0 aliphatic rings. The number of hydrogen-bond donors (Lipinski definition) is 1. The Labute approximate surface area is 118 Å². The lowest BCUT2D eigenvalue weighted by molar-refractivity contribution is -0.123. The van der Waals surface area contributed by atoms with E-state index in [2.05, 4.69) is 19.2 Å². The average molecular weight is 269 g/mol. The van der Waals surface area contributed by atoms with Gasteiger partial charge in [-0.05, 0) is 25.2 Å². The van der Waals surface area contributed by atoms with E-state index >= 15 is 0 Å². The Balaban J connectivity index is 3.38. The van der Waals surface area contributed by atoms with Crippen LogP contribution in [0, 0.1) is 11.8 Å². The molecule has 3 heteroatoms. The second-order valence-corrected chi connectivity index (χ2v) is 6.07. The van der Waals surface area contributed by atoms with E-state index in [-0.39, 0.29) is 11.8 Å². The van der Waals surface area contributed by atoms with Crippen LogP contribution in [0.5, 0.6) is 0 Å². The predicted molar refractivity (Wildman–Crippen MR) is 80.0 cm³/mol. The Morgan fingerprint density at radius 3 is 2.11 bits per heavy atom. The molecule has 0 aliphatic carbocycles. The Hall–Kier alpha value is -0.860. The van der Waals surface area contributed by atoms with Crippen molar-refractivity contribution >= 4 is 11.7 Å². The maximum Gasteiger partial charge on any atom is 0.219 e. The van der Waals surface area contributed by atoms with Crippen LogP contribution in [0.15, 0.2) is 0 Å². The normalized spacial score (nSPS) is 11.1. The predicted octanol–water partition coefficient (Wildman–Crippen LogP) is 3.71. The smallest absolute Gasteiger partial charge is 0.219 e. The van der Waals surface area contributed by atoms with E-state index in [0.29, 0.717) is 18.6 Å². The molecule has 0 heterocycles. The van der Waals surface area contributed by atoms with Crippen molar-refractivity contribution in [3.8, 4) is 0 Å². The SMILES string of the molecule is CC(C)CCCCNC(=O)CCCCC(=O)C(C)C. The van der Waals surface area contributed by atoms with Crippen LogP contribution < -0.4 is 5.32 Å². The number of nitrogens with one attached hydrogen (secondary N) is 1. The lowest BCUT2D eigenvalue weighted by Crippen LogP contribution is -2.24. The van der Waals surface area contributed by atoms with Crippen LogP contribution in [-0.4, -0.2) is 18.2 Å². The second kappa shape index (κ2) is 11.0. The summed E-state index contributed by atoms with van der Waals surface area (Å²) in [4.78, 5) is 22.9. The van der Waals surface area contributed by atoms with Gasteiger partial charge in [0.05, 0.1) is 0 Å². The van der Waals surface area contributed by atoms with Gasteiger partial charge in [0.1, 0.15) is 5.78 Å². The van der Waals surface area contributed by atoms with Gasteiger partial charge in [0.2, 0.25) is 5.91 Å². The van der Waals surface area contributed by atoms with E-state index in [1.54, 1.807) is 0 Å². The minimum Gasteiger partial charge on any atom is -0.356 e. The Morgan fingerprint density at radius 1 is 0.895 bits per heavy atom. The number of unbranched alkanes of at least 4 members (excludes halogenated alkanes) is 2. The summed E-state index contributed by atoms with van der Waals surface area (Å²) in [5.41, 5.74) is 0. The molecule has 1 N–H and O–H groups in total. The van der Waals surface area contributed by atoms with Crippen LogP contribution in [0.1, 0.15) is 72.6 Å². The molecule has 1 amide bonds. The highest BCUT2D eigenvalue weighted by molar-refractivity contribution is 5.80. The van der Waals surface area contributed by atoms with E-state index in [4.69, 9.17) is 0 Å². The minimum absolute atomic E-state index is 0.120. The first kappa shape index (κ1) is 18.1. The fourth-order valence-corrected chi connectivity index (χ4v) is 1.87. The van der Waals surface area contributed by atoms with Crippen LogP contribution in [0.3, 0.4) is 0 Å². The van der Waals surface area contributed by atoms with E-state index in [1.165, 1.54) is 12.8 Å². The van der Waals surface area contributed by atoms with Gasteiger partial charge in [0, 0.05) is 25.3 Å². The van der Waals surface area contributed by atoms with Gasteiger partial charge in [-0.2, -0.15) is 0 Å². The Morgan fingerprint density at radius 2 is 1.53 bits per heavy atom. The molecule has 0 saturated heterocycles. The maximum absolute atomic E-state index is 11.5. The summed E-state index contributed by atoms with van der Waals surface area (Å²) in [7, 11) is 0. The molecule has 0 aromatic carbocycles. The molecule has 0 saturated carbocycles. The van der Waals surface area contributed by atoms with Crippen LogP contribution >= 0.6 is 0 Å². The first-order valence-electron chi connectivity index (χ1n) is 7.73. The first-order valence-corrected chi connectivity index (χ1v) is 7.73. The molecule has 0 rings (SSSR count). The number of carbonyl (C=O) groups excluding carboxylic acids is 2. The number of carbonyl (C=O) groups is 2. The van der Waals surface area contributed by atoms with Crippen molar-refractivity contribution in [1.82, 2.24) is 5.32 Å². The summed E-state index contributed by atoms with van der Waals surface area (Å²) in [6, 6.07) is 0. The topological polar surface area (TPSA) is 46.2 Å². The van der Waals surface area contributed by atoms with Crippen molar-refractivity contribution in [2.75, 3.05) is 6.54 Å². The van der Waals surface area contributed by atoms with Crippen molar-refractivity contribution in [1.29, 1.82) is 0 Å². The number of hydrogen-bond acceptors (Lipinski definition) is 2. The third-order valence-corrected chi connectivity index (χ3v) is 3.25. The maximum atomic E-state index is 11.5. The van der Waals surface area contributed by atoms with Crippen LogP contribution in [0.25, 0.3) is 0 Å². The molecule has 0 radical (unpaired) electrons. The Bertz CT molecular complexity index is 259. The number of Topliss-reactive ketones (excluding diaryl/α,β-unsaturated/α-hetero) is 1. The number of rotatable bonds is 11. The van der Waals surface area contributed by atoms with Crippen molar-refractivity contribution in [2.24, 2.45) is 11.8 Å². The number of amides is 1. The van der Waals surface area contributed by atoms with Gasteiger partial charge in [0.15, 0.2) is 0 Å². The van der Waals surface area contributed by atoms with Gasteiger partial charge < -0.3 is 5.32 Å². The van der Waals surface area contributed by atoms with Crippen LogP contribution in [-0.2, 0) is 9.59 Å². The molecule has 0 aliphatic heterocycles. The molecule has 0 aromatic rings. The van der Waals surface area contributed by atoms with E-state index < -0.39 is 0 Å². The molecule has 3 nitrogen and oxygen atoms in total. The molecule has 0 aromatic heterocycles. The van der Waals surface area contributed by atoms with Gasteiger partial charge in [-0.25, -0.2) is 0 Å². The highest BCUT2D eigenvalue weighted by Crippen LogP contribution is 2.07. The summed E-state index contributed by atoms with van der Waals surface area (Å²) in [5, 5.41) is 2.94. The van der Waals surface area contributed by atoms with Crippen LogP contribution in [0.2, 0.25) is 0 Å². The van der Waals surface area contributed by atoms with Gasteiger partial charge >= 0.3 is 0 Å². The molecular formula is C16H31NO2. The van der Waals surface area contributed by atoms with Crippen molar-refractivity contribution < 1.29 is 9.59 Å². The molecule has 0 fully saturated rings. The zero-order valence-electron chi connectivity index (χ0n) is 13.1. The highest BCUT2D eigenvalue weighted by atomic mass is 16.1. The molecule has 0 unspecified atom stereocenters. The summed E-state index contributed by atoms with van der Waals surface area (Å²) in [6.45, 7) is 9.07. The van der Waals surface area contributed by atoms with E-state index in [1.807, 2.05) is 13.8 Å². The highest BCUT2D eigenvalue weighted by Gasteiger charge is 2.07. The largest absolute Gasteiger partial charge is 0.356 e. The van der Waals surface area contributed by atoms with Crippen LogP contribution in [0.4, 0.5) is 0 Å². The molecule has 19 heavy (non-hydrogen) atoms. The molecule has 0 bridgehead atoms. The third-order valence-electron chi connectivity index (χ3n) is 3.25. The summed E-state index contributed by atoms with van der Waals surface area (Å²) < 4.78 is 0. The first-order chi connectivity index (χ1) is 8.93. The van der Waals surface area contributed by atoms with Gasteiger partial charge in [-0.3, -0.25) is 9.59 Å².